The van der Waals surface area contributed by atoms with Crippen molar-refractivity contribution in [3.05, 3.63) is 66.4 Å². The summed E-state index contributed by atoms with van der Waals surface area (Å²) in [6.45, 7) is 0.810. The van der Waals surface area contributed by atoms with E-state index in [1.165, 1.54) is 5.56 Å². The zero-order chi connectivity index (χ0) is 11.1. The second kappa shape index (κ2) is 5.66. The maximum atomic E-state index is 4.09. The van der Waals surface area contributed by atoms with Gasteiger partial charge in [-0.2, -0.15) is 0 Å². The molecule has 80 valence electrons. The van der Waals surface area contributed by atoms with Gasteiger partial charge in [-0.05, 0) is 17.7 Å². The van der Waals surface area contributed by atoms with Crippen LogP contribution in [0, 0.1) is 0 Å². The van der Waals surface area contributed by atoms with Crippen LogP contribution in [0.25, 0.3) is 6.08 Å². The van der Waals surface area contributed by atoms with Crippen LogP contribution in [0.3, 0.4) is 0 Å². The Bertz CT molecular complexity index is 437. The third-order valence-electron chi connectivity index (χ3n) is 2.09. The third-order valence-corrected chi connectivity index (χ3v) is 2.09. The molecule has 0 aliphatic carbocycles. The van der Waals surface area contributed by atoms with Crippen molar-refractivity contribution in [3.8, 4) is 0 Å². The average Bonchev–Trinajstić information content (AvgIpc) is 2.37. The van der Waals surface area contributed by atoms with E-state index in [9.17, 15) is 0 Å². The summed E-state index contributed by atoms with van der Waals surface area (Å²) in [5.41, 5.74) is 1.25. The van der Waals surface area contributed by atoms with Gasteiger partial charge >= 0.3 is 0 Å². The highest BCUT2D eigenvalue weighted by molar-refractivity contribution is 5.38. The molecule has 0 aliphatic rings. The smallest absolute Gasteiger partial charge is 0.153 e. The number of hydrogen-bond donors (Lipinski definition) is 1. The van der Waals surface area contributed by atoms with Gasteiger partial charge < -0.3 is 5.32 Å². The first kappa shape index (κ1) is 10.4. The van der Waals surface area contributed by atoms with Gasteiger partial charge in [-0.3, -0.25) is 0 Å². The molecule has 0 atom stereocenters. The normalized spacial score (nSPS) is 10.5. The summed E-state index contributed by atoms with van der Waals surface area (Å²) in [7, 11) is 0. The van der Waals surface area contributed by atoms with Crippen molar-refractivity contribution in [2.24, 2.45) is 0 Å². The maximum Gasteiger partial charge on any atom is 0.153 e. The standard InChI is InChI=1S/C13H13N3/c1-2-5-12(6-3-1)11-14-10-7-13-15-8-4-9-16-13/h1-10,14H,11H2. The molecule has 0 spiro atoms. The molecular weight excluding hydrogens is 198 g/mol. The molecule has 0 radical (unpaired) electrons. The van der Waals surface area contributed by atoms with Crippen molar-refractivity contribution >= 4 is 6.08 Å². The molecule has 1 aromatic carbocycles. The molecule has 0 saturated heterocycles. The lowest BCUT2D eigenvalue weighted by atomic mass is 10.2. The van der Waals surface area contributed by atoms with E-state index in [1.807, 2.05) is 30.5 Å². The van der Waals surface area contributed by atoms with E-state index in [2.05, 4.69) is 27.4 Å². The van der Waals surface area contributed by atoms with Gasteiger partial charge in [-0.25, -0.2) is 9.97 Å². The number of nitrogens with one attached hydrogen (secondary N) is 1. The largest absolute Gasteiger partial charge is 0.387 e. The quantitative estimate of drug-likeness (QED) is 0.842. The van der Waals surface area contributed by atoms with E-state index in [1.54, 1.807) is 18.5 Å². The number of benzene rings is 1. The Labute approximate surface area is 94.9 Å². The number of aromatic nitrogens is 2. The molecule has 2 rings (SSSR count). The number of rotatable bonds is 4. The van der Waals surface area contributed by atoms with Crippen LogP contribution in [0.4, 0.5) is 0 Å². The molecule has 1 aromatic heterocycles. The fourth-order valence-corrected chi connectivity index (χ4v) is 1.30. The van der Waals surface area contributed by atoms with Crippen LogP contribution in [0.5, 0.6) is 0 Å². The summed E-state index contributed by atoms with van der Waals surface area (Å²) in [5, 5.41) is 3.19. The van der Waals surface area contributed by atoms with Crippen LogP contribution in [-0.2, 0) is 6.54 Å². The van der Waals surface area contributed by atoms with Crippen molar-refractivity contribution in [2.45, 2.75) is 6.54 Å². The van der Waals surface area contributed by atoms with Crippen LogP contribution in [0.15, 0.2) is 55.0 Å². The van der Waals surface area contributed by atoms with Crippen LogP contribution in [0.1, 0.15) is 11.4 Å². The van der Waals surface area contributed by atoms with E-state index in [-0.39, 0.29) is 0 Å². The Balaban J connectivity index is 1.83. The van der Waals surface area contributed by atoms with Gasteiger partial charge in [-0.1, -0.05) is 30.3 Å². The second-order valence-electron chi connectivity index (χ2n) is 3.31. The van der Waals surface area contributed by atoms with Gasteiger partial charge in [0.05, 0.1) is 0 Å². The summed E-state index contributed by atoms with van der Waals surface area (Å²) >= 11 is 0. The summed E-state index contributed by atoms with van der Waals surface area (Å²) in [4.78, 5) is 8.17. The minimum Gasteiger partial charge on any atom is -0.387 e. The van der Waals surface area contributed by atoms with Crippen molar-refractivity contribution in [1.82, 2.24) is 15.3 Å². The topological polar surface area (TPSA) is 37.8 Å². The molecule has 0 aliphatic heterocycles. The van der Waals surface area contributed by atoms with Gasteiger partial charge in [0.2, 0.25) is 0 Å². The first-order chi connectivity index (χ1) is 7.95. The molecule has 0 fully saturated rings. The molecule has 0 amide bonds. The lowest BCUT2D eigenvalue weighted by Gasteiger charge is -1.99. The van der Waals surface area contributed by atoms with E-state index >= 15 is 0 Å². The minimum atomic E-state index is 0.711. The molecule has 3 nitrogen and oxygen atoms in total. The molecule has 1 heterocycles. The minimum absolute atomic E-state index is 0.711. The molecule has 1 N–H and O–H groups in total. The molecule has 0 bridgehead atoms. The van der Waals surface area contributed by atoms with E-state index in [4.69, 9.17) is 0 Å². The molecular formula is C13H13N3. The fraction of sp³-hybridized carbons (Fsp3) is 0.0769. The highest BCUT2D eigenvalue weighted by Gasteiger charge is 1.87. The van der Waals surface area contributed by atoms with Crippen LogP contribution in [0.2, 0.25) is 0 Å². The zero-order valence-corrected chi connectivity index (χ0v) is 8.88. The molecule has 3 heteroatoms. The van der Waals surface area contributed by atoms with Gasteiger partial charge in [0.25, 0.3) is 0 Å². The first-order valence-corrected chi connectivity index (χ1v) is 5.16. The van der Waals surface area contributed by atoms with Gasteiger partial charge in [-0.15, -0.1) is 0 Å². The Hall–Kier alpha value is -2.16. The summed E-state index contributed by atoms with van der Waals surface area (Å²) in [6.07, 6.45) is 7.17. The van der Waals surface area contributed by atoms with Crippen LogP contribution < -0.4 is 5.32 Å². The maximum absolute atomic E-state index is 4.09. The average molecular weight is 211 g/mol. The van der Waals surface area contributed by atoms with Crippen LogP contribution in [-0.4, -0.2) is 9.97 Å². The summed E-state index contributed by atoms with van der Waals surface area (Å²) < 4.78 is 0. The molecule has 0 saturated carbocycles. The lowest BCUT2D eigenvalue weighted by molar-refractivity contribution is 0.873. The van der Waals surface area contributed by atoms with Gasteiger partial charge in [0.15, 0.2) is 5.82 Å². The number of hydrogen-bond acceptors (Lipinski definition) is 3. The van der Waals surface area contributed by atoms with Crippen molar-refractivity contribution in [3.63, 3.8) is 0 Å². The summed E-state index contributed by atoms with van der Waals surface area (Å²) in [6, 6.07) is 12.0. The fourth-order valence-electron chi connectivity index (χ4n) is 1.30. The Kier molecular flexibility index (Phi) is 3.66. The Morgan fingerprint density at radius 1 is 1.00 bits per heavy atom. The highest BCUT2D eigenvalue weighted by Crippen LogP contribution is 1.97. The Morgan fingerprint density at radius 2 is 1.75 bits per heavy atom. The van der Waals surface area contributed by atoms with Gasteiger partial charge in [0, 0.05) is 25.1 Å². The second-order valence-corrected chi connectivity index (χ2v) is 3.31. The predicted molar refractivity (Wildman–Crippen MR) is 64.3 cm³/mol. The van der Waals surface area contributed by atoms with Crippen molar-refractivity contribution in [2.75, 3.05) is 0 Å². The predicted octanol–water partition coefficient (Wildman–Crippen LogP) is 2.24. The highest BCUT2D eigenvalue weighted by atomic mass is 14.9. The first-order valence-electron chi connectivity index (χ1n) is 5.16. The molecule has 16 heavy (non-hydrogen) atoms. The summed E-state index contributed by atoms with van der Waals surface area (Å²) in [5.74, 6) is 0.711. The Morgan fingerprint density at radius 3 is 2.50 bits per heavy atom. The van der Waals surface area contributed by atoms with E-state index < -0.39 is 0 Å². The van der Waals surface area contributed by atoms with Crippen LogP contribution >= 0.6 is 0 Å². The monoisotopic (exact) mass is 211 g/mol. The van der Waals surface area contributed by atoms with Crippen molar-refractivity contribution in [1.29, 1.82) is 0 Å². The molecule has 0 unspecified atom stereocenters. The van der Waals surface area contributed by atoms with Gasteiger partial charge in [0.1, 0.15) is 0 Å². The van der Waals surface area contributed by atoms with E-state index in [0.717, 1.165) is 6.54 Å². The van der Waals surface area contributed by atoms with E-state index in [0.29, 0.717) is 5.82 Å². The zero-order valence-electron chi connectivity index (χ0n) is 8.88. The third kappa shape index (κ3) is 3.20. The molecule has 2 aromatic rings. The van der Waals surface area contributed by atoms with Crippen molar-refractivity contribution < 1.29 is 0 Å². The lowest BCUT2D eigenvalue weighted by Crippen LogP contribution is -2.03. The number of nitrogens with zero attached hydrogens (tertiary/aromatic N) is 2. The SMILES string of the molecule is C(=Cc1ncccn1)NCc1ccccc1.